The van der Waals surface area contributed by atoms with Crippen LogP contribution < -0.4 is 10.5 Å². The summed E-state index contributed by atoms with van der Waals surface area (Å²) in [6, 6.07) is 6.82. The Morgan fingerprint density at radius 3 is 2.71 bits per heavy atom. The molecule has 1 aromatic carbocycles. The lowest BCUT2D eigenvalue weighted by molar-refractivity contribution is 0.0827. The molecule has 0 aliphatic rings. The summed E-state index contributed by atoms with van der Waals surface area (Å²) in [5.41, 5.74) is 6.40. The minimum absolute atomic E-state index is 0.00839. The van der Waals surface area contributed by atoms with Crippen LogP contribution in [0.4, 0.5) is 4.39 Å². The lowest BCUT2D eigenvalue weighted by Gasteiger charge is -2.10. The molecule has 0 saturated heterocycles. The first kappa shape index (κ1) is 17.6. The fourth-order valence-corrected chi connectivity index (χ4v) is 1.94. The predicted molar refractivity (Wildman–Crippen MR) is 87.1 cm³/mol. The van der Waals surface area contributed by atoms with E-state index in [1.54, 1.807) is 44.6 Å². The largest absolute Gasteiger partial charge is 0.487 e. The average Bonchev–Trinajstić information content (AvgIpc) is 3.00. The molecule has 2 N–H and O–H groups in total. The molecule has 0 atom stereocenters. The van der Waals surface area contributed by atoms with E-state index in [1.165, 1.54) is 15.7 Å². The van der Waals surface area contributed by atoms with Crippen molar-refractivity contribution in [2.75, 3.05) is 20.6 Å². The number of halogens is 1. The number of aromatic nitrogens is 3. The Morgan fingerprint density at radius 2 is 2.08 bits per heavy atom. The molecule has 1 heterocycles. The van der Waals surface area contributed by atoms with E-state index >= 15 is 0 Å². The number of nitrogens with two attached hydrogens (primary N) is 1. The van der Waals surface area contributed by atoms with Gasteiger partial charge in [-0.15, -0.1) is 5.10 Å². The van der Waals surface area contributed by atoms with E-state index in [2.05, 4.69) is 10.3 Å². The lowest BCUT2D eigenvalue weighted by Crippen LogP contribution is -2.21. The van der Waals surface area contributed by atoms with Gasteiger partial charge in [0.25, 0.3) is 5.91 Å². The Labute approximate surface area is 139 Å². The summed E-state index contributed by atoms with van der Waals surface area (Å²) in [5.74, 6) is 0.169. The third-order valence-electron chi connectivity index (χ3n) is 3.13. The van der Waals surface area contributed by atoms with Crippen molar-refractivity contribution in [2.24, 2.45) is 5.73 Å². The number of benzene rings is 1. The van der Waals surface area contributed by atoms with Gasteiger partial charge in [0.1, 0.15) is 23.9 Å². The molecule has 1 aromatic heterocycles. The van der Waals surface area contributed by atoms with Crippen LogP contribution in [-0.2, 0) is 13.2 Å². The van der Waals surface area contributed by atoms with Crippen LogP contribution >= 0.6 is 0 Å². The first-order valence-corrected chi connectivity index (χ1v) is 7.37. The Kier molecular flexibility index (Phi) is 6.02. The van der Waals surface area contributed by atoms with Crippen LogP contribution in [0.2, 0.25) is 0 Å². The lowest BCUT2D eigenvalue weighted by atomic mass is 10.2. The zero-order valence-electron chi connectivity index (χ0n) is 13.6. The van der Waals surface area contributed by atoms with Crippen LogP contribution in [0.1, 0.15) is 16.1 Å². The van der Waals surface area contributed by atoms with E-state index in [1.807, 2.05) is 0 Å². The van der Waals surface area contributed by atoms with Gasteiger partial charge in [0.2, 0.25) is 0 Å². The molecule has 0 bridgehead atoms. The number of ether oxygens (including phenoxy) is 1. The highest BCUT2D eigenvalue weighted by molar-refractivity contribution is 5.93. The molecule has 0 unspecified atom stereocenters. The monoisotopic (exact) mass is 333 g/mol. The minimum Gasteiger partial charge on any atom is -0.487 e. The average molecular weight is 333 g/mol. The molecule has 0 fully saturated rings. The quantitative estimate of drug-likeness (QED) is 0.827. The van der Waals surface area contributed by atoms with Crippen molar-refractivity contribution in [2.45, 2.75) is 13.2 Å². The van der Waals surface area contributed by atoms with Gasteiger partial charge < -0.3 is 15.4 Å². The Bertz CT molecular complexity index is 710. The molecule has 0 aliphatic heterocycles. The normalized spacial score (nSPS) is 11.4. The van der Waals surface area contributed by atoms with Crippen molar-refractivity contribution in [1.29, 1.82) is 0 Å². The van der Waals surface area contributed by atoms with Crippen molar-refractivity contribution in [3.63, 3.8) is 0 Å². The van der Waals surface area contributed by atoms with Gasteiger partial charge in [-0.1, -0.05) is 5.21 Å². The Balaban J connectivity index is 1.91. The molecule has 1 amide bonds. The number of amides is 1. The molecule has 0 saturated carbocycles. The first-order chi connectivity index (χ1) is 11.5. The zero-order chi connectivity index (χ0) is 17.5. The van der Waals surface area contributed by atoms with Crippen molar-refractivity contribution >= 4 is 5.91 Å². The van der Waals surface area contributed by atoms with Gasteiger partial charge in [-0.25, -0.2) is 9.07 Å². The highest BCUT2D eigenvalue weighted by Gasteiger charge is 2.08. The van der Waals surface area contributed by atoms with E-state index in [-0.39, 0.29) is 31.4 Å². The summed E-state index contributed by atoms with van der Waals surface area (Å²) in [7, 11) is 3.39. The summed E-state index contributed by atoms with van der Waals surface area (Å²) in [6.45, 7) is 0.331. The van der Waals surface area contributed by atoms with Crippen LogP contribution in [0.5, 0.6) is 5.75 Å². The zero-order valence-corrected chi connectivity index (χ0v) is 13.6. The highest BCUT2D eigenvalue weighted by Crippen LogP contribution is 2.14. The summed E-state index contributed by atoms with van der Waals surface area (Å²) in [4.78, 5) is 13.3. The SMILES string of the molecule is CN(C)C(=O)c1ccc(OCc2cn(CC(F)=CCN)nn2)cc1. The van der Waals surface area contributed by atoms with Gasteiger partial charge in [0.15, 0.2) is 0 Å². The molecule has 2 rings (SSSR count). The molecule has 0 radical (unpaired) electrons. The summed E-state index contributed by atoms with van der Waals surface area (Å²) in [5, 5.41) is 7.74. The van der Waals surface area contributed by atoms with E-state index < -0.39 is 0 Å². The van der Waals surface area contributed by atoms with Crippen molar-refractivity contribution < 1.29 is 13.9 Å². The third-order valence-corrected chi connectivity index (χ3v) is 3.13. The number of carbonyl (C=O) groups is 1. The van der Waals surface area contributed by atoms with Crippen LogP contribution in [0.3, 0.4) is 0 Å². The van der Waals surface area contributed by atoms with Gasteiger partial charge in [0, 0.05) is 26.2 Å². The highest BCUT2D eigenvalue weighted by atomic mass is 19.1. The maximum absolute atomic E-state index is 13.3. The van der Waals surface area contributed by atoms with Gasteiger partial charge in [-0.2, -0.15) is 0 Å². The van der Waals surface area contributed by atoms with Gasteiger partial charge in [-0.3, -0.25) is 4.79 Å². The van der Waals surface area contributed by atoms with Crippen LogP contribution in [-0.4, -0.2) is 46.4 Å². The second kappa shape index (κ2) is 8.21. The molecule has 0 spiro atoms. The van der Waals surface area contributed by atoms with Crippen LogP contribution in [0, 0.1) is 0 Å². The van der Waals surface area contributed by atoms with Gasteiger partial charge in [0.05, 0.1) is 12.7 Å². The van der Waals surface area contributed by atoms with E-state index in [0.29, 0.717) is 17.0 Å². The van der Waals surface area contributed by atoms with E-state index in [9.17, 15) is 9.18 Å². The minimum atomic E-state index is -0.365. The second-order valence-electron chi connectivity index (χ2n) is 5.31. The van der Waals surface area contributed by atoms with Crippen molar-refractivity contribution in [3.05, 3.63) is 53.6 Å². The number of nitrogens with zero attached hydrogens (tertiary/aromatic N) is 4. The van der Waals surface area contributed by atoms with Crippen LogP contribution in [0.25, 0.3) is 0 Å². The molecule has 0 aliphatic carbocycles. The van der Waals surface area contributed by atoms with Gasteiger partial charge in [-0.05, 0) is 30.3 Å². The Morgan fingerprint density at radius 1 is 1.38 bits per heavy atom. The van der Waals surface area contributed by atoms with E-state index in [0.717, 1.165) is 0 Å². The molecule has 8 heteroatoms. The number of rotatable bonds is 7. The summed E-state index contributed by atoms with van der Waals surface area (Å²) in [6.07, 6.45) is 2.89. The molecular weight excluding hydrogens is 313 g/mol. The molecule has 128 valence electrons. The first-order valence-electron chi connectivity index (χ1n) is 7.37. The van der Waals surface area contributed by atoms with Gasteiger partial charge >= 0.3 is 0 Å². The fourth-order valence-electron chi connectivity index (χ4n) is 1.94. The fraction of sp³-hybridized carbons (Fsp3) is 0.312. The number of hydrogen-bond donors (Lipinski definition) is 1. The second-order valence-corrected chi connectivity index (χ2v) is 5.31. The Hall–Kier alpha value is -2.74. The maximum Gasteiger partial charge on any atom is 0.253 e. The van der Waals surface area contributed by atoms with Crippen molar-refractivity contribution in [3.8, 4) is 5.75 Å². The molecule has 24 heavy (non-hydrogen) atoms. The topological polar surface area (TPSA) is 86.3 Å². The van der Waals surface area contributed by atoms with E-state index in [4.69, 9.17) is 10.5 Å². The number of carbonyl (C=O) groups excluding carboxylic acids is 1. The predicted octanol–water partition coefficient (Wildman–Crippen LogP) is 1.37. The number of allylic oxidation sites excluding steroid dienone is 1. The summed E-state index contributed by atoms with van der Waals surface area (Å²) >= 11 is 0. The smallest absolute Gasteiger partial charge is 0.253 e. The standard InChI is InChI=1S/C16H20FN5O2/c1-21(2)16(23)12-3-5-15(6-4-12)24-11-14-10-22(20-19-14)9-13(17)7-8-18/h3-7,10H,8-9,11,18H2,1-2H3. The molecule has 2 aromatic rings. The maximum atomic E-state index is 13.3. The van der Waals surface area contributed by atoms with Crippen LogP contribution in [0.15, 0.2) is 42.4 Å². The van der Waals surface area contributed by atoms with Crippen molar-refractivity contribution in [1.82, 2.24) is 19.9 Å². The molecular formula is C16H20FN5O2. The summed E-state index contributed by atoms with van der Waals surface area (Å²) < 4.78 is 20.3. The molecule has 7 nitrogen and oxygen atoms in total. The number of hydrogen-bond acceptors (Lipinski definition) is 5. The third kappa shape index (κ3) is 4.88.